The number of anilines is 2. The van der Waals surface area contributed by atoms with Crippen molar-refractivity contribution in [3.8, 4) is 5.75 Å². The Kier molecular flexibility index (Phi) is 6.95. The quantitative estimate of drug-likeness (QED) is 0.432. The highest BCUT2D eigenvalue weighted by molar-refractivity contribution is 7.07. The molecule has 160 valence electrons. The Morgan fingerprint density at radius 1 is 1.07 bits per heavy atom. The van der Waals surface area contributed by atoms with E-state index in [0.29, 0.717) is 24.5 Å². The van der Waals surface area contributed by atoms with Crippen LogP contribution in [-0.4, -0.2) is 43.2 Å². The molecule has 1 atom stereocenters. The van der Waals surface area contributed by atoms with Gasteiger partial charge in [0, 0.05) is 19.1 Å². The standard InChI is InChI=1S/C23H29N3O3S/c1-14-9-18(27)10-15(2)19(14)11-17(26(3)4)12-25-21-20(22(28)23(21)29)24-7-5-16-6-8-30-13-16/h6,8-10,13,17,24-25,27H,5,7,11-12H2,1-4H3. The van der Waals surface area contributed by atoms with Gasteiger partial charge in [-0.3, -0.25) is 9.59 Å². The van der Waals surface area contributed by atoms with Gasteiger partial charge in [-0.2, -0.15) is 11.3 Å². The van der Waals surface area contributed by atoms with E-state index >= 15 is 0 Å². The number of hydrogen-bond donors (Lipinski definition) is 3. The van der Waals surface area contributed by atoms with E-state index < -0.39 is 10.9 Å². The number of benzene rings is 1. The Labute approximate surface area is 180 Å². The van der Waals surface area contributed by atoms with Crippen molar-refractivity contribution in [2.45, 2.75) is 32.7 Å². The largest absolute Gasteiger partial charge is 0.508 e. The van der Waals surface area contributed by atoms with Crippen molar-refractivity contribution in [1.82, 2.24) is 4.90 Å². The maximum Gasteiger partial charge on any atom is 0.253 e. The minimum Gasteiger partial charge on any atom is -0.508 e. The predicted octanol–water partition coefficient (Wildman–Crippen LogP) is 2.91. The van der Waals surface area contributed by atoms with Crippen molar-refractivity contribution in [3.63, 3.8) is 0 Å². The Balaban J connectivity index is 1.65. The molecule has 30 heavy (non-hydrogen) atoms. The Hall–Kier alpha value is -2.64. The maximum absolute atomic E-state index is 12.1. The minimum absolute atomic E-state index is 0.120. The molecule has 0 amide bonds. The zero-order chi connectivity index (χ0) is 21.8. The lowest BCUT2D eigenvalue weighted by molar-refractivity contribution is 0.302. The van der Waals surface area contributed by atoms with Crippen molar-refractivity contribution in [2.24, 2.45) is 0 Å². The van der Waals surface area contributed by atoms with Gasteiger partial charge in [0.05, 0.1) is 0 Å². The van der Waals surface area contributed by atoms with Gasteiger partial charge >= 0.3 is 0 Å². The summed E-state index contributed by atoms with van der Waals surface area (Å²) in [6.45, 7) is 5.14. The fourth-order valence-electron chi connectivity index (χ4n) is 3.68. The number of thiophene rings is 1. The zero-order valence-electron chi connectivity index (χ0n) is 17.9. The number of hydrogen-bond acceptors (Lipinski definition) is 7. The van der Waals surface area contributed by atoms with Crippen LogP contribution in [-0.2, 0) is 12.8 Å². The molecule has 0 aliphatic rings. The number of nitrogens with one attached hydrogen (secondary N) is 2. The molecule has 1 aromatic heterocycles. The highest BCUT2D eigenvalue weighted by Gasteiger charge is 2.22. The first-order valence-electron chi connectivity index (χ1n) is 10.1. The summed E-state index contributed by atoms with van der Waals surface area (Å²) in [5.41, 5.74) is 4.37. The van der Waals surface area contributed by atoms with Gasteiger partial charge in [-0.25, -0.2) is 0 Å². The molecular formula is C23H29N3O3S. The van der Waals surface area contributed by atoms with Gasteiger partial charge in [-0.1, -0.05) is 0 Å². The first kappa shape index (κ1) is 22.1. The third-order valence-electron chi connectivity index (χ3n) is 5.57. The average Bonchev–Trinajstić information content (AvgIpc) is 3.20. The van der Waals surface area contributed by atoms with Crippen LogP contribution in [0, 0.1) is 13.8 Å². The van der Waals surface area contributed by atoms with Crippen LogP contribution in [0.25, 0.3) is 0 Å². The third-order valence-corrected chi connectivity index (χ3v) is 6.30. The van der Waals surface area contributed by atoms with Gasteiger partial charge in [0.15, 0.2) is 0 Å². The SMILES string of the molecule is Cc1cc(O)cc(C)c1CC(CNc1c(NCCc2ccsc2)c(=O)c1=O)N(C)C. The molecule has 6 nitrogen and oxygen atoms in total. The van der Waals surface area contributed by atoms with E-state index in [1.54, 1.807) is 23.5 Å². The summed E-state index contributed by atoms with van der Waals surface area (Å²) in [5.74, 6) is 0.273. The molecular weight excluding hydrogens is 398 g/mol. The second-order valence-corrected chi connectivity index (χ2v) is 8.76. The van der Waals surface area contributed by atoms with Gasteiger partial charge in [0.2, 0.25) is 0 Å². The van der Waals surface area contributed by atoms with Crippen LogP contribution in [0.1, 0.15) is 22.3 Å². The summed E-state index contributed by atoms with van der Waals surface area (Å²) in [5, 5.41) is 20.2. The summed E-state index contributed by atoms with van der Waals surface area (Å²) in [7, 11) is 4.00. The number of phenolic OH excluding ortho intramolecular Hbond substituents is 1. The van der Waals surface area contributed by atoms with E-state index in [0.717, 1.165) is 24.0 Å². The van der Waals surface area contributed by atoms with Crippen molar-refractivity contribution >= 4 is 22.7 Å². The Bertz CT molecular complexity index is 1040. The van der Waals surface area contributed by atoms with Gasteiger partial charge in [-0.05, 0) is 92.0 Å². The summed E-state index contributed by atoms with van der Waals surface area (Å²) in [6.07, 6.45) is 1.58. The van der Waals surface area contributed by atoms with E-state index in [1.807, 2.05) is 33.3 Å². The molecule has 0 radical (unpaired) electrons. The third kappa shape index (κ3) is 4.91. The van der Waals surface area contributed by atoms with Crippen molar-refractivity contribution in [2.75, 3.05) is 37.8 Å². The number of phenols is 1. The van der Waals surface area contributed by atoms with E-state index in [9.17, 15) is 14.7 Å². The molecule has 1 unspecified atom stereocenters. The topological polar surface area (TPSA) is 81.7 Å². The summed E-state index contributed by atoms with van der Waals surface area (Å²) in [6, 6.07) is 5.72. The van der Waals surface area contributed by atoms with Crippen molar-refractivity contribution in [3.05, 3.63) is 71.7 Å². The van der Waals surface area contributed by atoms with Crippen LogP contribution in [0.4, 0.5) is 11.4 Å². The molecule has 3 rings (SSSR count). The summed E-state index contributed by atoms with van der Waals surface area (Å²) >= 11 is 1.65. The Morgan fingerprint density at radius 2 is 1.70 bits per heavy atom. The first-order valence-corrected chi connectivity index (χ1v) is 11.0. The molecule has 0 aliphatic heterocycles. The van der Waals surface area contributed by atoms with Gasteiger partial charge in [-0.15, -0.1) is 0 Å². The van der Waals surface area contributed by atoms with Crippen LogP contribution in [0.5, 0.6) is 5.75 Å². The van der Waals surface area contributed by atoms with Gasteiger partial charge < -0.3 is 20.6 Å². The molecule has 1 heterocycles. The highest BCUT2D eigenvalue weighted by Crippen LogP contribution is 2.23. The lowest BCUT2D eigenvalue weighted by atomic mass is 9.95. The molecule has 0 fully saturated rings. The summed E-state index contributed by atoms with van der Waals surface area (Å²) in [4.78, 5) is 26.2. The number of aryl methyl sites for hydroxylation is 2. The molecule has 0 saturated heterocycles. The monoisotopic (exact) mass is 427 g/mol. The molecule has 3 aromatic rings. The Morgan fingerprint density at radius 3 is 2.27 bits per heavy atom. The predicted molar refractivity (Wildman–Crippen MR) is 125 cm³/mol. The van der Waals surface area contributed by atoms with Gasteiger partial charge in [0.25, 0.3) is 10.9 Å². The second kappa shape index (κ2) is 9.45. The van der Waals surface area contributed by atoms with Crippen LogP contribution < -0.4 is 21.5 Å². The number of likely N-dealkylation sites (N-methyl/N-ethyl adjacent to an activating group) is 1. The number of nitrogens with zero attached hydrogens (tertiary/aromatic N) is 1. The molecule has 0 saturated carbocycles. The number of rotatable bonds is 10. The smallest absolute Gasteiger partial charge is 0.253 e. The maximum atomic E-state index is 12.1. The van der Waals surface area contributed by atoms with E-state index in [2.05, 4.69) is 27.0 Å². The average molecular weight is 428 g/mol. The van der Waals surface area contributed by atoms with Gasteiger partial charge in [0.1, 0.15) is 17.1 Å². The lowest BCUT2D eigenvalue weighted by Gasteiger charge is -2.27. The van der Waals surface area contributed by atoms with Crippen LogP contribution in [0.15, 0.2) is 38.5 Å². The summed E-state index contributed by atoms with van der Waals surface area (Å²) < 4.78 is 0. The second-order valence-electron chi connectivity index (χ2n) is 7.98. The normalized spacial score (nSPS) is 12.4. The number of aromatic hydroxyl groups is 1. The van der Waals surface area contributed by atoms with Crippen molar-refractivity contribution in [1.29, 1.82) is 0 Å². The van der Waals surface area contributed by atoms with Crippen LogP contribution in [0.2, 0.25) is 0 Å². The van der Waals surface area contributed by atoms with E-state index in [1.165, 1.54) is 11.1 Å². The fourth-order valence-corrected chi connectivity index (χ4v) is 4.38. The minimum atomic E-state index is -0.456. The fraction of sp³-hybridized carbons (Fsp3) is 0.391. The highest BCUT2D eigenvalue weighted by atomic mass is 32.1. The van der Waals surface area contributed by atoms with Crippen LogP contribution >= 0.6 is 11.3 Å². The molecule has 2 aromatic carbocycles. The van der Waals surface area contributed by atoms with Crippen molar-refractivity contribution < 1.29 is 5.11 Å². The molecule has 7 heteroatoms. The lowest BCUT2D eigenvalue weighted by Crippen LogP contribution is -2.42. The van der Waals surface area contributed by atoms with E-state index in [4.69, 9.17) is 0 Å². The molecule has 3 N–H and O–H groups in total. The molecule has 0 bridgehead atoms. The van der Waals surface area contributed by atoms with E-state index in [-0.39, 0.29) is 11.8 Å². The zero-order valence-corrected chi connectivity index (χ0v) is 18.7. The molecule has 0 spiro atoms. The molecule has 0 aliphatic carbocycles. The van der Waals surface area contributed by atoms with Crippen LogP contribution in [0.3, 0.4) is 0 Å². The first-order chi connectivity index (χ1) is 14.3.